The van der Waals surface area contributed by atoms with Gasteiger partial charge in [-0.25, -0.2) is 0 Å². The molecule has 0 rings (SSSR count). The number of nitrogens with zero attached hydrogens (tertiary/aromatic N) is 1. The van der Waals surface area contributed by atoms with Crippen molar-refractivity contribution >= 4 is 0 Å². The minimum atomic E-state index is -0.266. The number of ether oxygens (including phenoxy) is 1. The number of rotatable bonds is 8. The van der Waals surface area contributed by atoms with E-state index in [1.807, 2.05) is 14.1 Å². The second-order valence-corrected chi connectivity index (χ2v) is 4.36. The highest BCUT2D eigenvalue weighted by Gasteiger charge is 2.36. The fourth-order valence-electron chi connectivity index (χ4n) is 2.34. The second kappa shape index (κ2) is 7.20. The molecule has 0 heterocycles. The number of hydrogen-bond donors (Lipinski definition) is 1. The van der Waals surface area contributed by atoms with Gasteiger partial charge in [0.2, 0.25) is 0 Å². The van der Waals surface area contributed by atoms with Crippen LogP contribution in [0.4, 0.5) is 0 Å². The lowest BCUT2D eigenvalue weighted by Crippen LogP contribution is -2.52. The molecule has 0 radical (unpaired) electrons. The zero-order valence-corrected chi connectivity index (χ0v) is 10.9. The van der Waals surface area contributed by atoms with Crippen LogP contribution < -0.4 is 0 Å². The maximum Gasteiger partial charge on any atom is 0.0724 e. The average molecular weight is 217 g/mol. The first-order valence-electron chi connectivity index (χ1n) is 5.89. The highest BCUT2D eigenvalue weighted by atomic mass is 16.5. The molecule has 3 nitrogen and oxygen atoms in total. The highest BCUT2D eigenvalue weighted by molar-refractivity contribution is 4.92. The summed E-state index contributed by atoms with van der Waals surface area (Å²) < 4.78 is 5.01. The molecule has 1 atom stereocenters. The van der Waals surface area contributed by atoms with E-state index in [1.165, 1.54) is 0 Å². The second-order valence-electron chi connectivity index (χ2n) is 4.36. The molecule has 0 aliphatic carbocycles. The van der Waals surface area contributed by atoms with Gasteiger partial charge in [-0.15, -0.1) is 0 Å². The molecule has 1 N–H and O–H groups in total. The van der Waals surface area contributed by atoms with Crippen molar-refractivity contribution in [1.82, 2.24) is 4.90 Å². The molecule has 0 aliphatic heterocycles. The lowest BCUT2D eigenvalue weighted by molar-refractivity contribution is -0.0213. The fourth-order valence-corrected chi connectivity index (χ4v) is 2.34. The van der Waals surface area contributed by atoms with Crippen LogP contribution in [-0.4, -0.2) is 49.5 Å². The lowest BCUT2D eigenvalue weighted by Gasteiger charge is -2.42. The molecule has 0 bridgehead atoms. The Hall–Kier alpha value is -0.120. The average Bonchev–Trinajstić information content (AvgIpc) is 2.20. The molecule has 0 fully saturated rings. The minimum absolute atomic E-state index is 0.0757. The quantitative estimate of drug-likeness (QED) is 0.630. The van der Waals surface area contributed by atoms with E-state index in [0.717, 1.165) is 32.3 Å². The SMILES string of the molecule is CCC(CC)(C(O)CCCOC)N(C)C. The van der Waals surface area contributed by atoms with Gasteiger partial charge in [-0.05, 0) is 39.8 Å². The first kappa shape index (κ1) is 14.9. The van der Waals surface area contributed by atoms with E-state index < -0.39 is 0 Å². The molecule has 3 heteroatoms. The van der Waals surface area contributed by atoms with E-state index in [4.69, 9.17) is 4.74 Å². The van der Waals surface area contributed by atoms with Crippen LogP contribution in [0.15, 0.2) is 0 Å². The van der Waals surface area contributed by atoms with Gasteiger partial charge in [0.15, 0.2) is 0 Å². The predicted molar refractivity (Wildman–Crippen MR) is 64.1 cm³/mol. The van der Waals surface area contributed by atoms with E-state index in [-0.39, 0.29) is 11.6 Å². The largest absolute Gasteiger partial charge is 0.391 e. The zero-order chi connectivity index (χ0) is 11.9. The zero-order valence-electron chi connectivity index (χ0n) is 10.9. The molecule has 0 aliphatic rings. The molecule has 0 saturated carbocycles. The van der Waals surface area contributed by atoms with E-state index in [9.17, 15) is 5.11 Å². The Morgan fingerprint density at radius 3 is 2.13 bits per heavy atom. The predicted octanol–water partition coefficient (Wildman–Crippen LogP) is 1.89. The Balaban J connectivity index is 4.34. The van der Waals surface area contributed by atoms with Crippen LogP contribution in [0.2, 0.25) is 0 Å². The summed E-state index contributed by atoms with van der Waals surface area (Å²) in [5.74, 6) is 0. The third kappa shape index (κ3) is 3.74. The van der Waals surface area contributed by atoms with Gasteiger partial charge < -0.3 is 14.7 Å². The van der Waals surface area contributed by atoms with E-state index in [2.05, 4.69) is 18.7 Å². The summed E-state index contributed by atoms with van der Waals surface area (Å²) in [6.45, 7) is 5.01. The molecule has 0 aromatic carbocycles. The molecule has 92 valence electrons. The van der Waals surface area contributed by atoms with Crippen molar-refractivity contribution in [3.05, 3.63) is 0 Å². The van der Waals surface area contributed by atoms with Crippen molar-refractivity contribution in [2.75, 3.05) is 27.8 Å². The first-order valence-corrected chi connectivity index (χ1v) is 5.89. The molecule has 0 aromatic rings. The summed E-state index contributed by atoms with van der Waals surface area (Å²) >= 11 is 0. The molecular formula is C12H27NO2. The third-order valence-corrected chi connectivity index (χ3v) is 3.56. The normalized spacial score (nSPS) is 14.6. The Morgan fingerprint density at radius 1 is 1.27 bits per heavy atom. The molecule has 1 unspecified atom stereocenters. The van der Waals surface area contributed by atoms with Crippen LogP contribution in [0.5, 0.6) is 0 Å². The Morgan fingerprint density at radius 2 is 1.80 bits per heavy atom. The van der Waals surface area contributed by atoms with E-state index >= 15 is 0 Å². The van der Waals surface area contributed by atoms with Crippen LogP contribution in [0.1, 0.15) is 39.5 Å². The van der Waals surface area contributed by atoms with Crippen LogP contribution in [0, 0.1) is 0 Å². The summed E-state index contributed by atoms with van der Waals surface area (Å²) in [5.41, 5.74) is -0.0757. The number of likely N-dealkylation sites (N-methyl/N-ethyl adjacent to an activating group) is 1. The standard InChI is InChI=1S/C12H27NO2/c1-6-12(7-2,13(3)4)11(14)9-8-10-15-5/h11,14H,6-10H2,1-5H3. The monoisotopic (exact) mass is 217 g/mol. The van der Waals surface area contributed by atoms with Gasteiger partial charge in [0, 0.05) is 19.3 Å². The van der Waals surface area contributed by atoms with Crippen molar-refractivity contribution in [2.24, 2.45) is 0 Å². The summed E-state index contributed by atoms with van der Waals surface area (Å²) in [6, 6.07) is 0. The Kier molecular flexibility index (Phi) is 7.14. The summed E-state index contributed by atoms with van der Waals surface area (Å²) in [6.07, 6.45) is 3.42. The van der Waals surface area contributed by atoms with Gasteiger partial charge in [-0.3, -0.25) is 0 Å². The number of methoxy groups -OCH3 is 1. The Bertz CT molecular complexity index is 156. The number of aliphatic hydroxyl groups excluding tert-OH is 1. The van der Waals surface area contributed by atoms with Gasteiger partial charge in [-0.1, -0.05) is 13.8 Å². The van der Waals surface area contributed by atoms with Crippen LogP contribution in [-0.2, 0) is 4.74 Å². The minimum Gasteiger partial charge on any atom is -0.391 e. The molecule has 0 saturated heterocycles. The van der Waals surface area contributed by atoms with Gasteiger partial charge in [0.05, 0.1) is 6.10 Å². The van der Waals surface area contributed by atoms with E-state index in [1.54, 1.807) is 7.11 Å². The van der Waals surface area contributed by atoms with Gasteiger partial charge in [0.1, 0.15) is 0 Å². The summed E-state index contributed by atoms with van der Waals surface area (Å²) in [7, 11) is 5.80. The van der Waals surface area contributed by atoms with Crippen molar-refractivity contribution in [3.63, 3.8) is 0 Å². The van der Waals surface area contributed by atoms with Crippen molar-refractivity contribution < 1.29 is 9.84 Å². The smallest absolute Gasteiger partial charge is 0.0724 e. The third-order valence-electron chi connectivity index (χ3n) is 3.56. The molecule has 0 aromatic heterocycles. The highest BCUT2D eigenvalue weighted by Crippen LogP contribution is 2.28. The number of aliphatic hydroxyl groups is 1. The molecule has 0 amide bonds. The maximum atomic E-state index is 10.3. The van der Waals surface area contributed by atoms with Gasteiger partial charge in [0.25, 0.3) is 0 Å². The van der Waals surface area contributed by atoms with Gasteiger partial charge >= 0.3 is 0 Å². The van der Waals surface area contributed by atoms with Crippen molar-refractivity contribution in [1.29, 1.82) is 0 Å². The first-order chi connectivity index (χ1) is 7.05. The van der Waals surface area contributed by atoms with Crippen molar-refractivity contribution in [2.45, 2.75) is 51.2 Å². The molecule has 0 spiro atoms. The Labute approximate surface area is 94.4 Å². The van der Waals surface area contributed by atoms with Crippen LogP contribution in [0.25, 0.3) is 0 Å². The van der Waals surface area contributed by atoms with Gasteiger partial charge in [-0.2, -0.15) is 0 Å². The summed E-state index contributed by atoms with van der Waals surface area (Å²) in [4.78, 5) is 2.16. The maximum absolute atomic E-state index is 10.3. The molecular weight excluding hydrogens is 190 g/mol. The van der Waals surface area contributed by atoms with Crippen LogP contribution >= 0.6 is 0 Å². The van der Waals surface area contributed by atoms with Crippen LogP contribution in [0.3, 0.4) is 0 Å². The summed E-state index contributed by atoms with van der Waals surface area (Å²) in [5, 5.41) is 10.3. The lowest BCUT2D eigenvalue weighted by atomic mass is 9.83. The van der Waals surface area contributed by atoms with E-state index in [0.29, 0.717) is 0 Å². The molecule has 15 heavy (non-hydrogen) atoms. The number of hydrogen-bond acceptors (Lipinski definition) is 3. The topological polar surface area (TPSA) is 32.7 Å². The fraction of sp³-hybridized carbons (Fsp3) is 1.00. The van der Waals surface area contributed by atoms with Crippen molar-refractivity contribution in [3.8, 4) is 0 Å².